The first-order chi connectivity index (χ1) is 7.72. The first-order valence-corrected chi connectivity index (χ1v) is 6.26. The molecule has 0 saturated heterocycles. The fraction of sp³-hybridized carbons (Fsp3) is 0.571. The maximum atomic E-state index is 3.51. The topological polar surface area (TPSA) is 24.1 Å². The molecule has 1 aromatic carbocycles. The minimum absolute atomic E-state index is 0.629. The third-order valence-corrected chi connectivity index (χ3v) is 2.69. The van der Waals surface area contributed by atoms with Crippen LogP contribution in [0.4, 0.5) is 5.69 Å². The monoisotopic (exact) mass is 220 g/mol. The maximum absolute atomic E-state index is 3.51. The molecule has 0 heterocycles. The van der Waals surface area contributed by atoms with Gasteiger partial charge in [0.25, 0.3) is 0 Å². The van der Waals surface area contributed by atoms with Crippen LogP contribution < -0.4 is 10.6 Å². The van der Waals surface area contributed by atoms with Gasteiger partial charge in [0.2, 0.25) is 0 Å². The van der Waals surface area contributed by atoms with Crippen LogP contribution in [0, 0.1) is 6.92 Å². The fourth-order valence-electron chi connectivity index (χ4n) is 1.82. The van der Waals surface area contributed by atoms with Gasteiger partial charge in [0, 0.05) is 24.8 Å². The highest BCUT2D eigenvalue weighted by molar-refractivity contribution is 5.45. The summed E-state index contributed by atoms with van der Waals surface area (Å²) in [6, 6.07) is 9.12. The molecule has 0 aliphatic rings. The summed E-state index contributed by atoms with van der Waals surface area (Å²) < 4.78 is 0. The van der Waals surface area contributed by atoms with E-state index in [0.29, 0.717) is 6.04 Å². The summed E-state index contributed by atoms with van der Waals surface area (Å²) in [5.41, 5.74) is 2.52. The molecule has 0 aliphatic carbocycles. The van der Waals surface area contributed by atoms with Crippen LogP contribution in [0.2, 0.25) is 0 Å². The second-order valence-electron chi connectivity index (χ2n) is 4.44. The zero-order valence-electron chi connectivity index (χ0n) is 10.7. The van der Waals surface area contributed by atoms with Crippen molar-refractivity contribution in [2.24, 2.45) is 0 Å². The lowest BCUT2D eigenvalue weighted by Crippen LogP contribution is -2.30. The quantitative estimate of drug-likeness (QED) is 0.690. The van der Waals surface area contributed by atoms with Crippen molar-refractivity contribution in [3.63, 3.8) is 0 Å². The molecule has 1 rings (SSSR count). The third-order valence-electron chi connectivity index (χ3n) is 2.69. The van der Waals surface area contributed by atoms with Crippen LogP contribution in [0.15, 0.2) is 24.3 Å². The lowest BCUT2D eigenvalue weighted by Gasteiger charge is -2.13. The molecular weight excluding hydrogens is 196 g/mol. The largest absolute Gasteiger partial charge is 0.384 e. The minimum Gasteiger partial charge on any atom is -0.384 e. The Morgan fingerprint density at radius 3 is 2.75 bits per heavy atom. The predicted molar refractivity (Wildman–Crippen MR) is 72.0 cm³/mol. The van der Waals surface area contributed by atoms with E-state index in [4.69, 9.17) is 0 Å². The summed E-state index contributed by atoms with van der Waals surface area (Å²) in [6.07, 6.45) is 2.50. The number of hydrogen-bond acceptors (Lipinski definition) is 2. The molecule has 1 unspecified atom stereocenters. The molecule has 2 N–H and O–H groups in total. The molecule has 90 valence electrons. The van der Waals surface area contributed by atoms with E-state index in [0.717, 1.165) is 13.1 Å². The summed E-state index contributed by atoms with van der Waals surface area (Å²) in [5, 5.41) is 6.93. The molecule has 0 amide bonds. The smallest absolute Gasteiger partial charge is 0.0343 e. The molecule has 0 aliphatic heterocycles. The van der Waals surface area contributed by atoms with Gasteiger partial charge in [0.05, 0.1) is 0 Å². The Morgan fingerprint density at radius 1 is 1.25 bits per heavy atom. The molecule has 2 heteroatoms. The molecule has 0 saturated carbocycles. The van der Waals surface area contributed by atoms with Crippen molar-refractivity contribution in [3.05, 3.63) is 29.8 Å². The van der Waals surface area contributed by atoms with Gasteiger partial charge < -0.3 is 10.6 Å². The standard InChI is InChI=1S/C14H24N2/c1-4-6-13(3)15-9-10-16-14-8-5-7-12(2)11-14/h5,7-8,11,13,15-16H,4,6,9-10H2,1-3H3. The van der Waals surface area contributed by atoms with E-state index in [9.17, 15) is 0 Å². The van der Waals surface area contributed by atoms with Gasteiger partial charge in [-0.05, 0) is 38.0 Å². The first kappa shape index (κ1) is 13.0. The Kier molecular flexibility index (Phi) is 5.94. The molecule has 1 aromatic rings. The summed E-state index contributed by atoms with van der Waals surface area (Å²) >= 11 is 0. The molecule has 0 bridgehead atoms. The molecule has 1 atom stereocenters. The van der Waals surface area contributed by atoms with Crippen molar-refractivity contribution in [2.45, 2.75) is 39.7 Å². The van der Waals surface area contributed by atoms with Gasteiger partial charge in [-0.1, -0.05) is 25.5 Å². The Morgan fingerprint density at radius 2 is 2.06 bits per heavy atom. The molecule has 0 fully saturated rings. The lowest BCUT2D eigenvalue weighted by atomic mass is 10.2. The Balaban J connectivity index is 2.16. The summed E-state index contributed by atoms with van der Waals surface area (Å²) in [5.74, 6) is 0. The highest BCUT2D eigenvalue weighted by Crippen LogP contribution is 2.08. The average molecular weight is 220 g/mol. The highest BCUT2D eigenvalue weighted by atomic mass is 15.0. The van der Waals surface area contributed by atoms with Crippen LogP contribution in [0.5, 0.6) is 0 Å². The van der Waals surface area contributed by atoms with Crippen molar-refractivity contribution < 1.29 is 0 Å². The molecule has 2 nitrogen and oxygen atoms in total. The van der Waals surface area contributed by atoms with E-state index in [-0.39, 0.29) is 0 Å². The van der Waals surface area contributed by atoms with Crippen LogP contribution in [0.3, 0.4) is 0 Å². The van der Waals surface area contributed by atoms with Crippen LogP contribution in [0.1, 0.15) is 32.3 Å². The van der Waals surface area contributed by atoms with Crippen LogP contribution in [-0.4, -0.2) is 19.1 Å². The number of aryl methyl sites for hydroxylation is 1. The van der Waals surface area contributed by atoms with Crippen molar-refractivity contribution in [1.29, 1.82) is 0 Å². The lowest BCUT2D eigenvalue weighted by molar-refractivity contribution is 0.519. The molecule has 0 radical (unpaired) electrons. The Bertz CT molecular complexity index is 297. The molecule has 0 aromatic heterocycles. The van der Waals surface area contributed by atoms with Gasteiger partial charge >= 0.3 is 0 Å². The zero-order valence-corrected chi connectivity index (χ0v) is 10.7. The average Bonchev–Trinajstić information content (AvgIpc) is 2.25. The van der Waals surface area contributed by atoms with Gasteiger partial charge in [0.15, 0.2) is 0 Å². The van der Waals surface area contributed by atoms with Crippen molar-refractivity contribution in [2.75, 3.05) is 18.4 Å². The van der Waals surface area contributed by atoms with E-state index < -0.39 is 0 Å². The van der Waals surface area contributed by atoms with Gasteiger partial charge in [-0.2, -0.15) is 0 Å². The van der Waals surface area contributed by atoms with Crippen molar-refractivity contribution in [1.82, 2.24) is 5.32 Å². The van der Waals surface area contributed by atoms with Gasteiger partial charge in [-0.15, -0.1) is 0 Å². The highest BCUT2D eigenvalue weighted by Gasteiger charge is 1.98. The van der Waals surface area contributed by atoms with Gasteiger partial charge in [-0.3, -0.25) is 0 Å². The normalized spacial score (nSPS) is 12.4. The third kappa shape index (κ3) is 5.17. The van der Waals surface area contributed by atoms with Crippen molar-refractivity contribution in [3.8, 4) is 0 Å². The molecular formula is C14H24N2. The van der Waals surface area contributed by atoms with Crippen LogP contribution in [-0.2, 0) is 0 Å². The van der Waals surface area contributed by atoms with E-state index in [1.807, 2.05) is 0 Å². The Hall–Kier alpha value is -1.02. The van der Waals surface area contributed by atoms with E-state index in [2.05, 4.69) is 55.7 Å². The fourth-order valence-corrected chi connectivity index (χ4v) is 1.82. The first-order valence-electron chi connectivity index (χ1n) is 6.26. The SMILES string of the molecule is CCCC(C)NCCNc1cccc(C)c1. The number of benzene rings is 1. The Labute approximate surface area is 99.5 Å². The van der Waals surface area contributed by atoms with Crippen LogP contribution in [0.25, 0.3) is 0 Å². The maximum Gasteiger partial charge on any atom is 0.0343 e. The van der Waals surface area contributed by atoms with Crippen molar-refractivity contribution >= 4 is 5.69 Å². The number of nitrogens with one attached hydrogen (secondary N) is 2. The number of hydrogen-bond donors (Lipinski definition) is 2. The minimum atomic E-state index is 0.629. The molecule has 0 spiro atoms. The second kappa shape index (κ2) is 7.29. The second-order valence-corrected chi connectivity index (χ2v) is 4.44. The predicted octanol–water partition coefficient (Wildman–Crippen LogP) is 3.19. The van der Waals surface area contributed by atoms with E-state index >= 15 is 0 Å². The molecule has 16 heavy (non-hydrogen) atoms. The number of rotatable bonds is 7. The zero-order chi connectivity index (χ0) is 11.8. The summed E-state index contributed by atoms with van der Waals surface area (Å²) in [6.45, 7) is 8.60. The van der Waals surface area contributed by atoms with E-state index in [1.165, 1.54) is 24.1 Å². The van der Waals surface area contributed by atoms with Gasteiger partial charge in [-0.25, -0.2) is 0 Å². The number of anilines is 1. The van der Waals surface area contributed by atoms with E-state index in [1.54, 1.807) is 0 Å². The summed E-state index contributed by atoms with van der Waals surface area (Å²) in [7, 11) is 0. The summed E-state index contributed by atoms with van der Waals surface area (Å²) in [4.78, 5) is 0. The van der Waals surface area contributed by atoms with Crippen LogP contribution >= 0.6 is 0 Å². The van der Waals surface area contributed by atoms with Gasteiger partial charge in [0.1, 0.15) is 0 Å².